The van der Waals surface area contributed by atoms with Gasteiger partial charge in [-0.05, 0) is 6.07 Å². The highest BCUT2D eigenvalue weighted by atomic mass is 16.3. The average Bonchev–Trinajstić information content (AvgIpc) is 3.01. The van der Waals surface area contributed by atoms with Crippen molar-refractivity contribution in [1.82, 2.24) is 19.6 Å². The van der Waals surface area contributed by atoms with Crippen LogP contribution in [0.1, 0.15) is 10.6 Å². The second kappa shape index (κ2) is 4.88. The van der Waals surface area contributed by atoms with Gasteiger partial charge in [-0.3, -0.25) is 4.79 Å². The molecule has 3 aromatic rings. The van der Waals surface area contributed by atoms with Crippen LogP contribution in [0.3, 0.4) is 0 Å². The maximum absolute atomic E-state index is 10.2. The summed E-state index contributed by atoms with van der Waals surface area (Å²) in [5.41, 5.74) is 5.67. The van der Waals surface area contributed by atoms with Gasteiger partial charge < -0.3 is 10.2 Å². The van der Waals surface area contributed by atoms with Crippen molar-refractivity contribution in [1.29, 1.82) is 0 Å². The average molecular weight is 231 g/mol. The van der Waals surface area contributed by atoms with E-state index in [1.807, 2.05) is 18.3 Å². The van der Waals surface area contributed by atoms with E-state index in [2.05, 4.69) is 19.5 Å². The molecule has 0 saturated heterocycles. The summed E-state index contributed by atoms with van der Waals surface area (Å²) < 4.78 is 6.23. The Balaban J connectivity index is 0.000000128. The number of aromatic nitrogens is 4. The van der Waals surface area contributed by atoms with E-state index in [0.717, 1.165) is 12.0 Å². The minimum absolute atomic E-state index is 0.0880. The van der Waals surface area contributed by atoms with Gasteiger partial charge in [0.15, 0.2) is 12.0 Å². The van der Waals surface area contributed by atoms with Gasteiger partial charge in [-0.25, -0.2) is 14.5 Å². The van der Waals surface area contributed by atoms with Crippen molar-refractivity contribution in [2.75, 3.05) is 0 Å². The first kappa shape index (κ1) is 10.8. The smallest absolute Gasteiger partial charge is 0.286 e. The first-order valence-electron chi connectivity index (χ1n) is 4.70. The molecule has 86 valence electrons. The molecule has 0 radical (unpaired) electrons. The molecule has 0 aromatic carbocycles. The second-order valence-electron chi connectivity index (χ2n) is 2.98. The molecular formula is C10H9N5O2. The molecule has 0 aliphatic rings. The molecule has 7 nitrogen and oxygen atoms in total. The van der Waals surface area contributed by atoms with Crippen LogP contribution in [0.5, 0.6) is 0 Å². The van der Waals surface area contributed by atoms with Crippen LogP contribution in [0.25, 0.3) is 5.65 Å². The maximum Gasteiger partial charge on any atom is 0.286 e. The van der Waals surface area contributed by atoms with Gasteiger partial charge in [0.25, 0.3) is 5.91 Å². The van der Waals surface area contributed by atoms with Gasteiger partial charge in [-0.1, -0.05) is 0 Å². The van der Waals surface area contributed by atoms with Gasteiger partial charge >= 0.3 is 0 Å². The number of fused-ring (bicyclic) bond motifs is 1. The lowest BCUT2D eigenvalue weighted by Crippen LogP contribution is -2.09. The van der Waals surface area contributed by atoms with Gasteiger partial charge in [0.05, 0.1) is 12.4 Å². The van der Waals surface area contributed by atoms with E-state index in [9.17, 15) is 4.79 Å². The van der Waals surface area contributed by atoms with E-state index in [4.69, 9.17) is 5.73 Å². The molecule has 0 aliphatic heterocycles. The van der Waals surface area contributed by atoms with E-state index in [1.165, 1.54) is 6.20 Å². The highest BCUT2D eigenvalue weighted by Crippen LogP contribution is 1.93. The van der Waals surface area contributed by atoms with Gasteiger partial charge in [0.2, 0.25) is 5.76 Å². The van der Waals surface area contributed by atoms with Crippen molar-refractivity contribution in [2.45, 2.75) is 0 Å². The number of carbonyl (C=O) groups is 1. The third-order valence-electron chi connectivity index (χ3n) is 1.84. The van der Waals surface area contributed by atoms with Crippen LogP contribution in [-0.2, 0) is 0 Å². The molecule has 0 unspecified atom stereocenters. The number of nitrogens with zero attached hydrogens (tertiary/aromatic N) is 4. The molecule has 0 saturated carbocycles. The lowest BCUT2D eigenvalue weighted by Gasteiger charge is -1.85. The summed E-state index contributed by atoms with van der Waals surface area (Å²) in [4.78, 5) is 17.7. The van der Waals surface area contributed by atoms with Crippen molar-refractivity contribution in [2.24, 2.45) is 5.73 Å². The van der Waals surface area contributed by atoms with E-state index >= 15 is 0 Å². The number of rotatable bonds is 1. The number of hydrogen-bond donors (Lipinski definition) is 1. The SMILES string of the molecule is NC(=O)c1cnco1.c1cnc2ccnn2c1. The summed E-state index contributed by atoms with van der Waals surface area (Å²) in [5.74, 6) is -0.507. The predicted octanol–water partition coefficient (Wildman–Crippen LogP) is 0.503. The molecule has 0 aliphatic carbocycles. The summed E-state index contributed by atoms with van der Waals surface area (Å²) in [6.07, 6.45) is 7.75. The Bertz CT molecular complexity index is 572. The topological polar surface area (TPSA) is 99.3 Å². The quantitative estimate of drug-likeness (QED) is 0.657. The number of amides is 1. The number of oxazole rings is 1. The zero-order valence-electron chi connectivity index (χ0n) is 8.72. The normalized spacial score (nSPS) is 9.65. The monoisotopic (exact) mass is 231 g/mol. The van der Waals surface area contributed by atoms with Crippen molar-refractivity contribution in [3.63, 3.8) is 0 Å². The summed E-state index contributed by atoms with van der Waals surface area (Å²) in [6, 6.07) is 3.71. The third kappa shape index (κ3) is 2.65. The molecule has 0 spiro atoms. The predicted molar refractivity (Wildman–Crippen MR) is 58.0 cm³/mol. The van der Waals surface area contributed by atoms with Gasteiger partial charge in [-0.15, -0.1) is 0 Å². The molecule has 3 aromatic heterocycles. The van der Waals surface area contributed by atoms with Gasteiger partial charge in [0.1, 0.15) is 0 Å². The Morgan fingerprint density at radius 3 is 2.88 bits per heavy atom. The first-order chi connectivity index (χ1) is 8.27. The Morgan fingerprint density at radius 2 is 2.29 bits per heavy atom. The van der Waals surface area contributed by atoms with Crippen molar-refractivity contribution in [3.8, 4) is 0 Å². The largest absolute Gasteiger partial charge is 0.438 e. The fraction of sp³-hybridized carbons (Fsp3) is 0. The summed E-state index contributed by atoms with van der Waals surface area (Å²) in [6.45, 7) is 0. The van der Waals surface area contributed by atoms with E-state index < -0.39 is 5.91 Å². The molecule has 0 bridgehead atoms. The first-order valence-corrected chi connectivity index (χ1v) is 4.70. The minimum Gasteiger partial charge on any atom is -0.438 e. The lowest BCUT2D eigenvalue weighted by molar-refractivity contribution is 0.0974. The van der Waals surface area contributed by atoms with Gasteiger partial charge in [0, 0.05) is 18.5 Å². The fourth-order valence-corrected chi connectivity index (χ4v) is 1.10. The standard InChI is InChI=1S/C6H5N3.C4H4N2O2/c1-3-7-6-2-4-8-9(6)5-1;5-4(7)3-1-6-2-8-3/h1-5H;1-2H,(H2,5,7). The summed E-state index contributed by atoms with van der Waals surface area (Å²) in [7, 11) is 0. The zero-order chi connectivity index (χ0) is 12.1. The minimum atomic E-state index is -0.595. The molecule has 0 fully saturated rings. The highest BCUT2D eigenvalue weighted by molar-refractivity contribution is 5.89. The fourth-order valence-electron chi connectivity index (χ4n) is 1.10. The molecule has 2 N–H and O–H groups in total. The van der Waals surface area contributed by atoms with E-state index in [0.29, 0.717) is 0 Å². The van der Waals surface area contributed by atoms with Crippen LogP contribution < -0.4 is 5.73 Å². The van der Waals surface area contributed by atoms with E-state index in [-0.39, 0.29) is 5.76 Å². The molecule has 7 heteroatoms. The van der Waals surface area contributed by atoms with Crippen LogP contribution in [0, 0.1) is 0 Å². The van der Waals surface area contributed by atoms with Crippen molar-refractivity contribution < 1.29 is 9.21 Å². The maximum atomic E-state index is 10.2. The van der Waals surface area contributed by atoms with Crippen molar-refractivity contribution in [3.05, 3.63) is 49.1 Å². The Hall–Kier alpha value is -2.70. The lowest BCUT2D eigenvalue weighted by atomic mass is 10.5. The molecule has 17 heavy (non-hydrogen) atoms. The molecule has 3 heterocycles. The number of carbonyl (C=O) groups excluding carboxylic acids is 1. The van der Waals surface area contributed by atoms with Crippen LogP contribution in [0.4, 0.5) is 0 Å². The molecule has 0 atom stereocenters. The number of hydrogen-bond acceptors (Lipinski definition) is 5. The van der Waals surface area contributed by atoms with Crippen LogP contribution in [0.15, 0.2) is 47.7 Å². The Morgan fingerprint density at radius 1 is 1.41 bits per heavy atom. The van der Waals surface area contributed by atoms with Gasteiger partial charge in [-0.2, -0.15) is 5.10 Å². The van der Waals surface area contributed by atoms with Crippen LogP contribution in [0.2, 0.25) is 0 Å². The van der Waals surface area contributed by atoms with Crippen molar-refractivity contribution >= 4 is 11.6 Å². The Labute approximate surface area is 95.9 Å². The molecule has 1 amide bonds. The van der Waals surface area contributed by atoms with Crippen LogP contribution >= 0.6 is 0 Å². The number of primary amides is 1. The summed E-state index contributed by atoms with van der Waals surface area (Å²) in [5, 5.41) is 3.97. The number of nitrogens with two attached hydrogens (primary N) is 1. The summed E-state index contributed by atoms with van der Waals surface area (Å²) >= 11 is 0. The highest BCUT2D eigenvalue weighted by Gasteiger charge is 2.00. The third-order valence-corrected chi connectivity index (χ3v) is 1.84. The molecular weight excluding hydrogens is 222 g/mol. The molecule has 3 rings (SSSR count). The van der Waals surface area contributed by atoms with E-state index in [1.54, 1.807) is 16.9 Å². The van der Waals surface area contributed by atoms with Crippen LogP contribution in [-0.4, -0.2) is 25.5 Å². The zero-order valence-corrected chi connectivity index (χ0v) is 8.72. The second-order valence-corrected chi connectivity index (χ2v) is 2.98. The Kier molecular flexibility index (Phi) is 3.10.